The molecule has 0 radical (unpaired) electrons. The van der Waals surface area contributed by atoms with Crippen LogP contribution in [-0.4, -0.2) is 56.4 Å². The maximum absolute atomic E-state index is 11.9. The number of ether oxygens (including phenoxy) is 4. The average Bonchev–Trinajstić information content (AvgIpc) is 3.67. The number of amides is 1. The summed E-state index contributed by atoms with van der Waals surface area (Å²) in [6.45, 7) is 6.33. The highest BCUT2D eigenvalue weighted by molar-refractivity contribution is 6.30. The molecule has 53 heavy (non-hydrogen) atoms. The van der Waals surface area contributed by atoms with Crippen molar-refractivity contribution in [2.24, 2.45) is 5.92 Å². The van der Waals surface area contributed by atoms with Crippen LogP contribution in [0.3, 0.4) is 0 Å². The number of hydrogen-bond acceptors (Lipinski definition) is 10. The normalized spacial score (nSPS) is 13.0. The summed E-state index contributed by atoms with van der Waals surface area (Å²) in [5.41, 5.74) is 0.705. The molecule has 1 fully saturated rings. The van der Waals surface area contributed by atoms with Crippen LogP contribution >= 0.6 is 11.6 Å². The van der Waals surface area contributed by atoms with E-state index in [9.17, 15) is 24.5 Å². The van der Waals surface area contributed by atoms with E-state index in [1.807, 2.05) is 24.3 Å². The zero-order chi connectivity index (χ0) is 39.1. The Hall–Kier alpha value is -4.84. The molecule has 0 bridgehead atoms. The highest BCUT2D eigenvalue weighted by Gasteiger charge is 2.17. The van der Waals surface area contributed by atoms with E-state index in [0.29, 0.717) is 17.7 Å². The number of nitrogens with one attached hydrogen (secondary N) is 1. The Morgan fingerprint density at radius 1 is 1.04 bits per heavy atom. The fourth-order valence-corrected chi connectivity index (χ4v) is 4.90. The number of esters is 2. The van der Waals surface area contributed by atoms with Crippen molar-refractivity contribution in [3.63, 3.8) is 0 Å². The van der Waals surface area contributed by atoms with Crippen LogP contribution in [0, 0.1) is 16.0 Å². The Bertz CT molecular complexity index is 1440. The summed E-state index contributed by atoms with van der Waals surface area (Å²) in [5, 5.41) is 12.1. The number of carbonyl (C=O) groups excluding carboxylic acids is 3. The third-order valence-electron chi connectivity index (χ3n) is 7.56. The number of halogens is 1. The summed E-state index contributed by atoms with van der Waals surface area (Å²) in [5.74, 6) is 1.03. The molecule has 0 aromatic heterocycles. The van der Waals surface area contributed by atoms with Gasteiger partial charge in [-0.1, -0.05) is 86.7 Å². The molecule has 12 nitrogen and oxygen atoms in total. The minimum atomic E-state index is -0.919. The van der Waals surface area contributed by atoms with Gasteiger partial charge in [0, 0.05) is 11.4 Å². The number of nitrogens with zero attached hydrogens (tertiary/aromatic N) is 1. The fraction of sp³-hybridized carbons (Fsp3) is 0.475. The van der Waals surface area contributed by atoms with Crippen LogP contribution in [0.1, 0.15) is 90.5 Å². The number of methoxy groups -OCH3 is 1. The van der Waals surface area contributed by atoms with E-state index >= 15 is 0 Å². The molecule has 1 aliphatic rings. The van der Waals surface area contributed by atoms with Crippen molar-refractivity contribution in [2.75, 3.05) is 26.9 Å². The van der Waals surface area contributed by atoms with E-state index in [1.165, 1.54) is 65.0 Å². The van der Waals surface area contributed by atoms with E-state index in [1.54, 1.807) is 24.3 Å². The predicted octanol–water partition coefficient (Wildman–Crippen LogP) is 8.89. The first kappa shape index (κ1) is 46.2. The fourth-order valence-electron chi connectivity index (χ4n) is 4.72. The molecule has 0 saturated heterocycles. The van der Waals surface area contributed by atoms with Gasteiger partial charge in [0.05, 0.1) is 20.3 Å². The highest BCUT2D eigenvalue weighted by Crippen LogP contribution is 2.29. The van der Waals surface area contributed by atoms with Crippen molar-refractivity contribution in [3.05, 3.63) is 93.5 Å². The second kappa shape index (κ2) is 29.7. The van der Waals surface area contributed by atoms with Crippen LogP contribution in [0.4, 0.5) is 0 Å². The molecular weight excluding hydrogens is 704 g/mol. The summed E-state index contributed by atoms with van der Waals surface area (Å²) in [7, 11) is 1.41. The maximum atomic E-state index is 11.9. The molecule has 292 valence electrons. The number of hydrogen-bond donors (Lipinski definition) is 1. The quantitative estimate of drug-likeness (QED) is 0.0248. The Kier molecular flexibility index (Phi) is 25.9. The molecule has 3 rings (SSSR count). The summed E-state index contributed by atoms with van der Waals surface area (Å²) >= 11 is 5.88. The molecule has 0 heterocycles. The Labute approximate surface area is 318 Å². The number of allylic oxidation sites excluding steroid dienone is 3. The predicted molar refractivity (Wildman–Crippen MR) is 206 cm³/mol. The van der Waals surface area contributed by atoms with Gasteiger partial charge in [0.2, 0.25) is 6.41 Å². The largest absolute Gasteiger partial charge is 0.493 e. The first-order chi connectivity index (χ1) is 25.6. The third kappa shape index (κ3) is 23.4. The number of unbranched alkanes of at least 4 members (excludes halogenated alkanes) is 2. The molecule has 2 aromatic rings. The van der Waals surface area contributed by atoms with Gasteiger partial charge in [0.15, 0.2) is 11.5 Å². The van der Waals surface area contributed by atoms with Gasteiger partial charge in [0.1, 0.15) is 18.4 Å². The summed E-state index contributed by atoms with van der Waals surface area (Å²) in [4.78, 5) is 47.8. The second-order valence-electron chi connectivity index (χ2n) is 11.9. The van der Waals surface area contributed by atoms with Crippen LogP contribution in [0.2, 0.25) is 5.02 Å². The van der Waals surface area contributed by atoms with Crippen molar-refractivity contribution < 1.29 is 43.3 Å². The lowest BCUT2D eigenvalue weighted by atomic mass is 10.1. The monoisotopic (exact) mass is 758 g/mol. The van der Waals surface area contributed by atoms with Gasteiger partial charge in [-0.25, -0.2) is 4.79 Å². The van der Waals surface area contributed by atoms with Crippen molar-refractivity contribution in [3.8, 4) is 17.2 Å². The standard InChI is InChI=1S/C18H22N2O9.C15H19ClO.C7H14/c1-13(19-12-21)18(23)29-15-8-7-14(11-16(15)26-2)5-3-9-27-17(22)6-4-10-28-20(24)25;16-14-9-5-10-15(12-14)17-11-4-3-8-13-6-1-2-7-13;1-3-5-7-6-4-2/h3,5,7-8,11-13H,4,6,9-10H2,1-2H3,(H,19,21);3,5,8-10,12-13H,1-2,4,6-7,11H2;3,5H,4,6-7H2,1-2H3/b5-3+;8-3+;5-3-. The van der Waals surface area contributed by atoms with Crippen LogP contribution in [0.15, 0.2) is 72.8 Å². The first-order valence-corrected chi connectivity index (χ1v) is 18.4. The summed E-state index contributed by atoms with van der Waals surface area (Å²) in [6.07, 6.45) is 23.2. The molecular formula is C40H55ClN2O10. The smallest absolute Gasteiger partial charge is 0.333 e. The number of benzene rings is 2. The van der Waals surface area contributed by atoms with E-state index in [-0.39, 0.29) is 31.8 Å². The molecule has 13 heteroatoms. The Morgan fingerprint density at radius 2 is 1.81 bits per heavy atom. The molecule has 1 N–H and O–H groups in total. The maximum Gasteiger partial charge on any atom is 0.333 e. The lowest BCUT2D eigenvalue weighted by Gasteiger charge is -2.13. The van der Waals surface area contributed by atoms with Gasteiger partial charge in [-0.15, -0.1) is 10.1 Å². The number of carbonyl (C=O) groups is 3. The van der Waals surface area contributed by atoms with Crippen LogP contribution in [-0.2, 0) is 24.0 Å². The molecule has 2 aromatic carbocycles. The minimum absolute atomic E-state index is 0.00690. The molecule has 1 atom stereocenters. The van der Waals surface area contributed by atoms with Crippen molar-refractivity contribution in [1.82, 2.24) is 5.32 Å². The molecule has 1 amide bonds. The topological polar surface area (TPSA) is 153 Å². The average molecular weight is 759 g/mol. The molecule has 1 unspecified atom stereocenters. The van der Waals surface area contributed by atoms with Crippen LogP contribution in [0.25, 0.3) is 6.08 Å². The highest BCUT2D eigenvalue weighted by atomic mass is 35.5. The van der Waals surface area contributed by atoms with E-state index < -0.39 is 23.1 Å². The van der Waals surface area contributed by atoms with Gasteiger partial charge in [-0.2, -0.15) is 0 Å². The zero-order valence-corrected chi connectivity index (χ0v) is 32.1. The molecule has 0 aliphatic heterocycles. The van der Waals surface area contributed by atoms with E-state index in [4.69, 9.17) is 30.5 Å². The molecule has 0 spiro atoms. The Balaban J connectivity index is 0.000000487. The van der Waals surface area contributed by atoms with Gasteiger partial charge in [-0.05, 0) is 93.8 Å². The molecule has 1 aliphatic carbocycles. The first-order valence-electron chi connectivity index (χ1n) is 18.0. The number of rotatable bonds is 21. The van der Waals surface area contributed by atoms with E-state index in [0.717, 1.165) is 29.7 Å². The van der Waals surface area contributed by atoms with Crippen molar-refractivity contribution in [1.29, 1.82) is 0 Å². The minimum Gasteiger partial charge on any atom is -0.493 e. The Morgan fingerprint density at radius 3 is 2.47 bits per heavy atom. The third-order valence-corrected chi connectivity index (χ3v) is 7.80. The second-order valence-corrected chi connectivity index (χ2v) is 12.3. The zero-order valence-electron chi connectivity index (χ0n) is 31.3. The lowest BCUT2D eigenvalue weighted by molar-refractivity contribution is -0.757. The molecule has 1 saturated carbocycles. The van der Waals surface area contributed by atoms with Gasteiger partial charge in [-0.3, -0.25) is 9.59 Å². The SMILES string of the molecule is C/C=C\CCCC.COc1cc(/C=C/COC(=O)CCCO[N+](=O)[O-])ccc1OC(=O)C(C)NC=O.Clc1cccc(OCC/C=C/C2CCCC2)c1. The van der Waals surface area contributed by atoms with Crippen LogP contribution < -0.4 is 19.5 Å². The summed E-state index contributed by atoms with van der Waals surface area (Å²) < 4.78 is 21.0. The van der Waals surface area contributed by atoms with Crippen molar-refractivity contribution in [2.45, 2.75) is 91.0 Å². The van der Waals surface area contributed by atoms with Gasteiger partial charge >= 0.3 is 11.9 Å². The summed E-state index contributed by atoms with van der Waals surface area (Å²) in [6, 6.07) is 11.6. The van der Waals surface area contributed by atoms with Gasteiger partial charge < -0.3 is 29.1 Å². The van der Waals surface area contributed by atoms with Crippen molar-refractivity contribution >= 4 is 36.0 Å². The van der Waals surface area contributed by atoms with Crippen LogP contribution in [0.5, 0.6) is 17.2 Å². The van der Waals surface area contributed by atoms with Gasteiger partial charge in [0.25, 0.3) is 5.09 Å². The van der Waals surface area contributed by atoms with E-state index in [2.05, 4.69) is 48.3 Å². The lowest BCUT2D eigenvalue weighted by Crippen LogP contribution is -2.36.